The zero-order valence-electron chi connectivity index (χ0n) is 11.4. The average molecular weight is 318 g/mol. The number of hydrogen-bond acceptors (Lipinski definition) is 5. The van der Waals surface area contributed by atoms with Crippen LogP contribution in [0.25, 0.3) is 0 Å². The number of esters is 1. The highest BCUT2D eigenvalue weighted by Crippen LogP contribution is 2.34. The van der Waals surface area contributed by atoms with Gasteiger partial charge in [-0.15, -0.1) is 0 Å². The molecule has 0 heterocycles. The van der Waals surface area contributed by atoms with Gasteiger partial charge in [0.1, 0.15) is 12.4 Å². The molecule has 1 aromatic carbocycles. The number of carbonyl (C=O) groups excluding carboxylic acids is 1. The molecule has 0 aliphatic rings. The molecule has 1 aromatic rings. The van der Waals surface area contributed by atoms with E-state index in [0.29, 0.717) is 0 Å². The minimum absolute atomic E-state index is 0.0110. The standard InChI is InChI=1S/C13H13ClFNO5/c1-4-5-20-12(17)13(2,3)21-11-7-10(16(18)19)9(15)6-8(11)14/h4,6-7H,1,5H2,2-3H3. The molecule has 0 unspecified atom stereocenters. The van der Waals surface area contributed by atoms with Crippen molar-refractivity contribution in [3.63, 3.8) is 0 Å². The maximum absolute atomic E-state index is 13.4. The number of rotatable bonds is 6. The monoisotopic (exact) mass is 317 g/mol. The largest absolute Gasteiger partial charge is 0.474 e. The highest BCUT2D eigenvalue weighted by Gasteiger charge is 2.33. The number of nitro groups is 1. The zero-order valence-corrected chi connectivity index (χ0v) is 12.1. The molecule has 0 bridgehead atoms. The molecule has 0 amide bonds. The molecule has 0 saturated heterocycles. The number of carbonyl (C=O) groups is 1. The number of benzene rings is 1. The molecule has 21 heavy (non-hydrogen) atoms. The molecule has 1 rings (SSSR count). The zero-order chi connectivity index (χ0) is 16.2. The predicted molar refractivity (Wildman–Crippen MR) is 73.9 cm³/mol. The molecule has 0 atom stereocenters. The van der Waals surface area contributed by atoms with E-state index in [0.717, 1.165) is 12.1 Å². The van der Waals surface area contributed by atoms with Crippen molar-refractivity contribution >= 4 is 23.3 Å². The van der Waals surface area contributed by atoms with Crippen LogP contribution in [0.5, 0.6) is 5.75 Å². The highest BCUT2D eigenvalue weighted by molar-refractivity contribution is 6.32. The third-order valence-electron chi connectivity index (χ3n) is 2.39. The van der Waals surface area contributed by atoms with Crippen LogP contribution in [0.2, 0.25) is 5.02 Å². The summed E-state index contributed by atoms with van der Waals surface area (Å²) in [5, 5.41) is 10.5. The lowest BCUT2D eigenvalue weighted by molar-refractivity contribution is -0.387. The lowest BCUT2D eigenvalue weighted by Crippen LogP contribution is -2.39. The predicted octanol–water partition coefficient (Wildman–Crippen LogP) is 3.27. The van der Waals surface area contributed by atoms with Crippen LogP contribution in [0.15, 0.2) is 24.8 Å². The third kappa shape index (κ3) is 4.16. The van der Waals surface area contributed by atoms with Gasteiger partial charge in [-0.1, -0.05) is 24.3 Å². The van der Waals surface area contributed by atoms with Gasteiger partial charge in [-0.2, -0.15) is 4.39 Å². The molecule has 114 valence electrons. The van der Waals surface area contributed by atoms with Crippen molar-refractivity contribution in [2.45, 2.75) is 19.4 Å². The first-order chi connectivity index (χ1) is 9.69. The van der Waals surface area contributed by atoms with Crippen molar-refractivity contribution in [1.29, 1.82) is 0 Å². The summed E-state index contributed by atoms with van der Waals surface area (Å²) >= 11 is 5.77. The summed E-state index contributed by atoms with van der Waals surface area (Å²) in [6.07, 6.45) is 1.38. The van der Waals surface area contributed by atoms with E-state index in [1.807, 2.05) is 0 Å². The molecule has 0 saturated carbocycles. The molecule has 0 aromatic heterocycles. The maximum atomic E-state index is 13.4. The number of hydrogen-bond donors (Lipinski definition) is 0. The summed E-state index contributed by atoms with van der Waals surface area (Å²) in [6, 6.07) is 1.57. The van der Waals surface area contributed by atoms with Gasteiger partial charge in [-0.25, -0.2) is 4.79 Å². The minimum atomic E-state index is -1.46. The second-order valence-electron chi connectivity index (χ2n) is 4.49. The molecular weight excluding hydrogens is 305 g/mol. The molecule has 0 aliphatic carbocycles. The van der Waals surface area contributed by atoms with Crippen LogP contribution in [-0.2, 0) is 9.53 Å². The first kappa shape index (κ1) is 16.9. The fraction of sp³-hybridized carbons (Fsp3) is 0.308. The van der Waals surface area contributed by atoms with E-state index >= 15 is 0 Å². The Morgan fingerprint density at radius 3 is 2.71 bits per heavy atom. The van der Waals surface area contributed by atoms with Gasteiger partial charge in [0.2, 0.25) is 5.82 Å². The Morgan fingerprint density at radius 1 is 1.57 bits per heavy atom. The van der Waals surface area contributed by atoms with E-state index < -0.39 is 28.0 Å². The molecule has 0 spiro atoms. The van der Waals surface area contributed by atoms with Crippen molar-refractivity contribution in [1.82, 2.24) is 0 Å². The second-order valence-corrected chi connectivity index (χ2v) is 4.90. The van der Waals surface area contributed by atoms with Crippen molar-refractivity contribution in [3.05, 3.63) is 45.7 Å². The van der Waals surface area contributed by atoms with Crippen molar-refractivity contribution in [2.24, 2.45) is 0 Å². The molecular formula is C13H13ClFNO5. The molecule has 8 heteroatoms. The second kappa shape index (κ2) is 6.53. The van der Waals surface area contributed by atoms with Gasteiger partial charge >= 0.3 is 11.7 Å². The van der Waals surface area contributed by atoms with E-state index in [9.17, 15) is 19.3 Å². The maximum Gasteiger partial charge on any atom is 0.350 e. The Balaban J connectivity index is 3.06. The molecule has 0 fully saturated rings. The Labute approximate surface area is 125 Å². The summed E-state index contributed by atoms with van der Waals surface area (Å²) < 4.78 is 23.5. The van der Waals surface area contributed by atoms with Gasteiger partial charge in [0.15, 0.2) is 5.60 Å². The van der Waals surface area contributed by atoms with Crippen LogP contribution in [0, 0.1) is 15.9 Å². The van der Waals surface area contributed by atoms with E-state index in [2.05, 4.69) is 6.58 Å². The van der Waals surface area contributed by atoms with Gasteiger partial charge in [0, 0.05) is 6.07 Å². The molecule has 0 aliphatic heterocycles. The van der Waals surface area contributed by atoms with Crippen LogP contribution in [0.4, 0.5) is 10.1 Å². The van der Waals surface area contributed by atoms with Crippen LogP contribution in [0.1, 0.15) is 13.8 Å². The molecule has 0 radical (unpaired) electrons. The molecule has 6 nitrogen and oxygen atoms in total. The van der Waals surface area contributed by atoms with Crippen molar-refractivity contribution in [2.75, 3.05) is 6.61 Å². The minimum Gasteiger partial charge on any atom is -0.474 e. The van der Waals surface area contributed by atoms with E-state index in [1.165, 1.54) is 19.9 Å². The first-order valence-electron chi connectivity index (χ1n) is 5.79. The first-order valence-corrected chi connectivity index (χ1v) is 6.17. The Hall–Kier alpha value is -2.15. The average Bonchev–Trinajstić information content (AvgIpc) is 2.38. The summed E-state index contributed by atoms with van der Waals surface area (Å²) in [7, 11) is 0. The van der Waals surface area contributed by atoms with Crippen molar-refractivity contribution < 1.29 is 23.6 Å². The summed E-state index contributed by atoms with van der Waals surface area (Å²) in [5.74, 6) is -2.00. The lowest BCUT2D eigenvalue weighted by Gasteiger charge is -2.24. The van der Waals surface area contributed by atoms with Gasteiger partial charge < -0.3 is 9.47 Å². The number of ether oxygens (including phenoxy) is 2. The van der Waals surface area contributed by atoms with E-state index in [-0.39, 0.29) is 17.4 Å². The number of halogens is 2. The van der Waals surface area contributed by atoms with Gasteiger partial charge in [-0.05, 0) is 13.8 Å². The highest BCUT2D eigenvalue weighted by atomic mass is 35.5. The Morgan fingerprint density at radius 2 is 2.19 bits per heavy atom. The quantitative estimate of drug-likeness (QED) is 0.348. The van der Waals surface area contributed by atoms with Crippen LogP contribution in [0.3, 0.4) is 0 Å². The lowest BCUT2D eigenvalue weighted by atomic mass is 10.1. The Bertz CT molecular complexity index is 588. The topological polar surface area (TPSA) is 78.7 Å². The van der Waals surface area contributed by atoms with Gasteiger partial charge in [-0.3, -0.25) is 10.1 Å². The molecule has 0 N–H and O–H groups in total. The summed E-state index contributed by atoms with van der Waals surface area (Å²) in [6.45, 7) is 6.17. The smallest absolute Gasteiger partial charge is 0.350 e. The number of nitro benzene ring substituents is 1. The fourth-order valence-corrected chi connectivity index (χ4v) is 1.55. The van der Waals surface area contributed by atoms with Crippen LogP contribution in [-0.4, -0.2) is 23.1 Å². The van der Waals surface area contributed by atoms with Crippen LogP contribution < -0.4 is 4.74 Å². The SMILES string of the molecule is C=CCOC(=O)C(C)(C)Oc1cc([N+](=O)[O-])c(F)cc1Cl. The summed E-state index contributed by atoms with van der Waals surface area (Å²) in [5.41, 5.74) is -2.26. The Kier molecular flexibility index (Phi) is 5.26. The fourth-order valence-electron chi connectivity index (χ4n) is 1.36. The normalized spacial score (nSPS) is 10.9. The van der Waals surface area contributed by atoms with Gasteiger partial charge in [0.25, 0.3) is 0 Å². The number of nitrogens with zero attached hydrogens (tertiary/aromatic N) is 1. The summed E-state index contributed by atoms with van der Waals surface area (Å²) in [4.78, 5) is 21.6. The van der Waals surface area contributed by atoms with Crippen LogP contribution >= 0.6 is 11.6 Å². The van der Waals surface area contributed by atoms with Gasteiger partial charge in [0.05, 0.1) is 16.0 Å². The van der Waals surface area contributed by atoms with Crippen molar-refractivity contribution in [3.8, 4) is 5.75 Å². The van der Waals surface area contributed by atoms with E-state index in [4.69, 9.17) is 21.1 Å². The van der Waals surface area contributed by atoms with E-state index in [1.54, 1.807) is 0 Å². The third-order valence-corrected chi connectivity index (χ3v) is 2.68.